The van der Waals surface area contributed by atoms with Crippen LogP contribution in [0.3, 0.4) is 0 Å². The first-order chi connectivity index (χ1) is 8.60. The second-order valence-corrected chi connectivity index (χ2v) is 4.70. The summed E-state index contributed by atoms with van der Waals surface area (Å²) in [5.41, 5.74) is 0.654. The first kappa shape index (κ1) is 13.1. The fourth-order valence-electron chi connectivity index (χ4n) is 1.37. The van der Waals surface area contributed by atoms with Crippen molar-refractivity contribution in [2.24, 2.45) is 0 Å². The molecular formula is C12H7Cl3N2O. The molecule has 6 heteroatoms. The van der Waals surface area contributed by atoms with Gasteiger partial charge >= 0.3 is 0 Å². The van der Waals surface area contributed by atoms with Gasteiger partial charge in [-0.1, -0.05) is 34.8 Å². The van der Waals surface area contributed by atoms with Crippen LogP contribution in [-0.2, 0) is 6.54 Å². The van der Waals surface area contributed by atoms with E-state index in [1.165, 1.54) is 0 Å². The molecule has 0 fully saturated rings. The van der Waals surface area contributed by atoms with E-state index < -0.39 is 0 Å². The third-order valence-electron chi connectivity index (χ3n) is 2.23. The van der Waals surface area contributed by atoms with Crippen molar-refractivity contribution in [1.29, 1.82) is 5.26 Å². The van der Waals surface area contributed by atoms with Gasteiger partial charge in [0, 0.05) is 0 Å². The lowest BCUT2D eigenvalue weighted by molar-refractivity contribution is 0.506. The minimum atomic E-state index is 0.270. The molecule has 2 aromatic rings. The molecule has 3 nitrogen and oxygen atoms in total. The Morgan fingerprint density at radius 3 is 2.50 bits per heavy atom. The summed E-state index contributed by atoms with van der Waals surface area (Å²) in [4.78, 5) is 0. The molecular weight excluding hydrogens is 295 g/mol. The molecule has 0 saturated heterocycles. The predicted octanol–water partition coefficient (Wildman–Crippen LogP) is 4.72. The van der Waals surface area contributed by atoms with E-state index in [1.54, 1.807) is 24.3 Å². The van der Waals surface area contributed by atoms with E-state index >= 15 is 0 Å². The van der Waals surface area contributed by atoms with Crippen LogP contribution >= 0.6 is 34.8 Å². The van der Waals surface area contributed by atoms with Crippen molar-refractivity contribution < 1.29 is 4.42 Å². The molecule has 0 amide bonds. The van der Waals surface area contributed by atoms with Gasteiger partial charge in [0.1, 0.15) is 11.8 Å². The Morgan fingerprint density at radius 2 is 1.83 bits per heavy atom. The van der Waals surface area contributed by atoms with Crippen molar-refractivity contribution in [1.82, 2.24) is 0 Å². The van der Waals surface area contributed by atoms with Gasteiger partial charge in [0.25, 0.3) is 0 Å². The first-order valence-electron chi connectivity index (χ1n) is 4.97. The molecule has 0 aliphatic carbocycles. The van der Waals surface area contributed by atoms with E-state index in [2.05, 4.69) is 5.32 Å². The Labute approximate surface area is 119 Å². The van der Waals surface area contributed by atoms with Crippen LogP contribution in [-0.4, -0.2) is 0 Å². The molecule has 1 aromatic carbocycles. The highest BCUT2D eigenvalue weighted by molar-refractivity contribution is 6.44. The van der Waals surface area contributed by atoms with Crippen molar-refractivity contribution in [3.8, 4) is 6.07 Å². The maximum absolute atomic E-state index is 8.63. The molecule has 0 saturated carbocycles. The lowest BCUT2D eigenvalue weighted by Crippen LogP contribution is -1.98. The van der Waals surface area contributed by atoms with E-state index in [4.69, 9.17) is 44.5 Å². The van der Waals surface area contributed by atoms with Crippen molar-refractivity contribution in [2.45, 2.75) is 6.54 Å². The van der Waals surface area contributed by atoms with Gasteiger partial charge in [0.15, 0.2) is 0 Å². The fourth-order valence-corrected chi connectivity index (χ4v) is 1.99. The summed E-state index contributed by atoms with van der Waals surface area (Å²) in [7, 11) is 0. The highest BCUT2D eigenvalue weighted by Crippen LogP contribution is 2.32. The van der Waals surface area contributed by atoms with Gasteiger partial charge in [-0.25, -0.2) is 0 Å². The van der Waals surface area contributed by atoms with Crippen LogP contribution in [0.15, 0.2) is 28.7 Å². The second kappa shape index (κ2) is 5.53. The average molecular weight is 302 g/mol. The van der Waals surface area contributed by atoms with Crippen molar-refractivity contribution in [3.05, 3.63) is 50.9 Å². The number of furan rings is 1. The van der Waals surface area contributed by atoms with Gasteiger partial charge in [-0.2, -0.15) is 5.26 Å². The number of anilines is 1. The molecule has 0 spiro atoms. The summed E-state index contributed by atoms with van der Waals surface area (Å²) < 4.78 is 5.22. The largest absolute Gasteiger partial charge is 0.449 e. The van der Waals surface area contributed by atoms with Crippen LogP contribution in [0.4, 0.5) is 5.69 Å². The number of nitrogens with one attached hydrogen (secondary N) is 1. The van der Waals surface area contributed by atoms with E-state index in [1.807, 2.05) is 6.07 Å². The van der Waals surface area contributed by atoms with Crippen LogP contribution in [0, 0.1) is 11.3 Å². The van der Waals surface area contributed by atoms with Gasteiger partial charge in [-0.05, 0) is 24.3 Å². The fraction of sp³-hybridized carbons (Fsp3) is 0.0833. The number of benzene rings is 1. The summed E-state index contributed by atoms with van der Waals surface area (Å²) in [6, 6.07) is 8.44. The molecule has 92 valence electrons. The molecule has 1 aromatic heterocycles. The topological polar surface area (TPSA) is 49.0 Å². The number of nitrogens with zero attached hydrogens (tertiary/aromatic N) is 1. The monoisotopic (exact) mass is 300 g/mol. The maximum Gasteiger partial charge on any atom is 0.203 e. The number of hydrogen-bond acceptors (Lipinski definition) is 3. The number of nitriles is 1. The quantitative estimate of drug-likeness (QED) is 0.834. The molecule has 0 bridgehead atoms. The van der Waals surface area contributed by atoms with Crippen LogP contribution in [0.5, 0.6) is 0 Å². The van der Waals surface area contributed by atoms with Crippen molar-refractivity contribution >= 4 is 40.5 Å². The normalized spacial score (nSPS) is 10.1. The van der Waals surface area contributed by atoms with Crippen molar-refractivity contribution in [2.75, 3.05) is 5.32 Å². The number of halogens is 3. The summed E-state index contributed by atoms with van der Waals surface area (Å²) in [6.45, 7) is 0.402. The summed E-state index contributed by atoms with van der Waals surface area (Å²) in [6.07, 6.45) is 0. The van der Waals surface area contributed by atoms with E-state index in [9.17, 15) is 0 Å². The molecule has 2 rings (SSSR count). The average Bonchev–Trinajstić information content (AvgIpc) is 2.80. The Kier molecular flexibility index (Phi) is 4.03. The smallest absolute Gasteiger partial charge is 0.203 e. The molecule has 0 radical (unpaired) electrons. The Morgan fingerprint density at radius 1 is 1.11 bits per heavy atom. The molecule has 0 unspecified atom stereocenters. The second-order valence-electron chi connectivity index (χ2n) is 3.48. The van der Waals surface area contributed by atoms with Crippen LogP contribution in [0.2, 0.25) is 15.1 Å². The third-order valence-corrected chi connectivity index (χ3v) is 3.27. The molecule has 0 aliphatic heterocycles. The highest BCUT2D eigenvalue weighted by atomic mass is 35.5. The Bertz CT molecular complexity index is 616. The van der Waals surface area contributed by atoms with E-state index in [0.717, 1.165) is 0 Å². The summed E-state index contributed by atoms with van der Waals surface area (Å²) in [5, 5.41) is 13.0. The van der Waals surface area contributed by atoms with Gasteiger partial charge < -0.3 is 9.73 Å². The Hall–Kier alpha value is -1.34. The third kappa shape index (κ3) is 2.91. The molecule has 1 heterocycles. The Balaban J connectivity index is 2.11. The SMILES string of the molecule is N#Cc1ccc(CNc2cc(Cl)c(Cl)cc2Cl)o1. The minimum absolute atomic E-state index is 0.270. The lowest BCUT2D eigenvalue weighted by atomic mass is 10.3. The van der Waals surface area contributed by atoms with Crippen LogP contribution in [0.1, 0.15) is 11.5 Å². The highest BCUT2D eigenvalue weighted by Gasteiger charge is 2.07. The molecule has 0 atom stereocenters. The zero-order valence-electron chi connectivity index (χ0n) is 9.01. The standard InChI is InChI=1S/C12H7Cl3N2O/c13-9-3-11(15)12(4-10(9)14)17-6-8-2-1-7(5-16)18-8/h1-4,17H,6H2. The zero-order chi connectivity index (χ0) is 13.1. The van der Waals surface area contributed by atoms with E-state index in [-0.39, 0.29) is 5.76 Å². The van der Waals surface area contributed by atoms with Gasteiger partial charge in [0.05, 0.1) is 27.3 Å². The maximum atomic E-state index is 8.63. The van der Waals surface area contributed by atoms with E-state index in [0.29, 0.717) is 33.1 Å². The first-order valence-corrected chi connectivity index (χ1v) is 6.11. The van der Waals surface area contributed by atoms with Gasteiger partial charge in [-0.3, -0.25) is 0 Å². The van der Waals surface area contributed by atoms with Crippen LogP contribution in [0.25, 0.3) is 0 Å². The number of hydrogen-bond donors (Lipinski definition) is 1. The summed E-state index contributed by atoms with van der Waals surface area (Å²) >= 11 is 17.7. The van der Waals surface area contributed by atoms with Crippen LogP contribution < -0.4 is 5.32 Å². The summed E-state index contributed by atoms with van der Waals surface area (Å²) in [5.74, 6) is 0.903. The van der Waals surface area contributed by atoms with Crippen molar-refractivity contribution in [3.63, 3.8) is 0 Å². The minimum Gasteiger partial charge on any atom is -0.449 e. The number of rotatable bonds is 3. The molecule has 18 heavy (non-hydrogen) atoms. The molecule has 1 N–H and O–H groups in total. The zero-order valence-corrected chi connectivity index (χ0v) is 11.3. The van der Waals surface area contributed by atoms with Gasteiger partial charge in [0.2, 0.25) is 5.76 Å². The lowest BCUT2D eigenvalue weighted by Gasteiger charge is -2.08. The predicted molar refractivity (Wildman–Crippen MR) is 72.2 cm³/mol. The van der Waals surface area contributed by atoms with Gasteiger partial charge in [-0.15, -0.1) is 0 Å². The molecule has 0 aliphatic rings.